The SMILES string of the molecule is CC(C)c1ccc(NC(=O)Cc2cccc(F)c2)cc1. The molecule has 0 unspecified atom stereocenters. The molecule has 0 aromatic heterocycles. The van der Waals surface area contributed by atoms with E-state index in [2.05, 4.69) is 19.2 Å². The van der Waals surface area contributed by atoms with Gasteiger partial charge in [-0.1, -0.05) is 38.1 Å². The Kier molecular flexibility index (Phi) is 4.51. The number of carbonyl (C=O) groups excluding carboxylic acids is 1. The minimum atomic E-state index is -0.323. The molecule has 0 saturated heterocycles. The molecule has 20 heavy (non-hydrogen) atoms. The van der Waals surface area contributed by atoms with Crippen LogP contribution in [0.1, 0.15) is 30.9 Å². The maximum Gasteiger partial charge on any atom is 0.228 e. The summed E-state index contributed by atoms with van der Waals surface area (Å²) in [5, 5.41) is 2.81. The van der Waals surface area contributed by atoms with E-state index < -0.39 is 0 Å². The van der Waals surface area contributed by atoms with E-state index in [1.807, 2.05) is 24.3 Å². The molecule has 0 aliphatic rings. The van der Waals surface area contributed by atoms with Gasteiger partial charge < -0.3 is 5.32 Å². The third kappa shape index (κ3) is 3.92. The third-order valence-electron chi connectivity index (χ3n) is 3.11. The fourth-order valence-electron chi connectivity index (χ4n) is 1.99. The molecule has 104 valence electrons. The molecule has 0 fully saturated rings. The summed E-state index contributed by atoms with van der Waals surface area (Å²) in [4.78, 5) is 11.9. The highest BCUT2D eigenvalue weighted by Gasteiger charge is 2.05. The standard InChI is InChI=1S/C17H18FNO/c1-12(2)14-6-8-16(9-7-14)19-17(20)11-13-4-3-5-15(18)10-13/h3-10,12H,11H2,1-2H3,(H,19,20). The predicted molar refractivity (Wildman–Crippen MR) is 79.3 cm³/mol. The van der Waals surface area contributed by atoms with E-state index >= 15 is 0 Å². The maximum atomic E-state index is 13.0. The van der Waals surface area contributed by atoms with E-state index in [4.69, 9.17) is 0 Å². The van der Waals surface area contributed by atoms with Crippen LogP contribution in [0.3, 0.4) is 0 Å². The first kappa shape index (κ1) is 14.3. The largest absolute Gasteiger partial charge is 0.326 e. The van der Waals surface area contributed by atoms with Gasteiger partial charge in [-0.3, -0.25) is 4.79 Å². The van der Waals surface area contributed by atoms with Crippen molar-refractivity contribution in [1.29, 1.82) is 0 Å². The van der Waals surface area contributed by atoms with Gasteiger partial charge in [-0.25, -0.2) is 4.39 Å². The third-order valence-corrected chi connectivity index (χ3v) is 3.11. The Bertz CT molecular complexity index is 590. The van der Waals surface area contributed by atoms with E-state index in [0.29, 0.717) is 11.5 Å². The van der Waals surface area contributed by atoms with Gasteiger partial charge in [0, 0.05) is 5.69 Å². The van der Waals surface area contributed by atoms with Gasteiger partial charge >= 0.3 is 0 Å². The molecule has 1 amide bonds. The van der Waals surface area contributed by atoms with Crippen molar-refractivity contribution in [3.63, 3.8) is 0 Å². The molecular formula is C17H18FNO. The average molecular weight is 271 g/mol. The highest BCUT2D eigenvalue weighted by molar-refractivity contribution is 5.92. The molecule has 0 saturated carbocycles. The molecule has 0 heterocycles. The summed E-state index contributed by atoms with van der Waals surface area (Å²) in [5.74, 6) is -0.00321. The number of nitrogens with one attached hydrogen (secondary N) is 1. The van der Waals surface area contributed by atoms with Gasteiger partial charge in [0.2, 0.25) is 5.91 Å². The van der Waals surface area contributed by atoms with Crippen LogP contribution in [0, 0.1) is 5.82 Å². The van der Waals surface area contributed by atoms with Crippen LogP contribution < -0.4 is 5.32 Å². The number of amides is 1. The Labute approximate surface area is 118 Å². The van der Waals surface area contributed by atoms with E-state index in [1.54, 1.807) is 12.1 Å². The first-order valence-electron chi connectivity index (χ1n) is 6.69. The van der Waals surface area contributed by atoms with Crippen molar-refractivity contribution in [2.75, 3.05) is 5.32 Å². The average Bonchev–Trinajstić information content (AvgIpc) is 2.39. The molecule has 0 aliphatic heterocycles. The summed E-state index contributed by atoms with van der Waals surface area (Å²) >= 11 is 0. The number of halogens is 1. The van der Waals surface area contributed by atoms with E-state index in [0.717, 1.165) is 5.69 Å². The van der Waals surface area contributed by atoms with Gasteiger partial charge in [0.15, 0.2) is 0 Å². The molecule has 2 aromatic carbocycles. The molecule has 0 aliphatic carbocycles. The van der Waals surface area contributed by atoms with Crippen LogP contribution in [0.5, 0.6) is 0 Å². The number of carbonyl (C=O) groups is 1. The van der Waals surface area contributed by atoms with Crippen LogP contribution >= 0.6 is 0 Å². The molecule has 0 spiro atoms. The van der Waals surface area contributed by atoms with Crippen LogP contribution in [0.2, 0.25) is 0 Å². The second-order valence-electron chi connectivity index (χ2n) is 5.13. The quantitative estimate of drug-likeness (QED) is 0.890. The first-order valence-corrected chi connectivity index (χ1v) is 6.69. The zero-order valence-corrected chi connectivity index (χ0v) is 11.7. The lowest BCUT2D eigenvalue weighted by atomic mass is 10.0. The van der Waals surface area contributed by atoms with Crippen LogP contribution in [0.4, 0.5) is 10.1 Å². The molecule has 2 rings (SSSR count). The first-order chi connectivity index (χ1) is 9.54. The van der Waals surface area contributed by atoms with E-state index in [-0.39, 0.29) is 18.1 Å². The van der Waals surface area contributed by atoms with Gasteiger partial charge in [-0.05, 0) is 41.3 Å². The highest BCUT2D eigenvalue weighted by atomic mass is 19.1. The predicted octanol–water partition coefficient (Wildman–Crippen LogP) is 4.13. The van der Waals surface area contributed by atoms with Crippen molar-refractivity contribution >= 4 is 11.6 Å². The smallest absolute Gasteiger partial charge is 0.228 e. The van der Waals surface area contributed by atoms with Crippen LogP contribution in [-0.2, 0) is 11.2 Å². The normalized spacial score (nSPS) is 10.6. The van der Waals surface area contributed by atoms with Crippen LogP contribution in [0.25, 0.3) is 0 Å². The fraction of sp³-hybridized carbons (Fsp3) is 0.235. The van der Waals surface area contributed by atoms with Gasteiger partial charge in [-0.2, -0.15) is 0 Å². The summed E-state index contributed by atoms with van der Waals surface area (Å²) in [5.41, 5.74) is 2.66. The monoisotopic (exact) mass is 271 g/mol. The zero-order chi connectivity index (χ0) is 14.5. The van der Waals surface area contributed by atoms with Crippen molar-refractivity contribution in [1.82, 2.24) is 0 Å². The van der Waals surface area contributed by atoms with Crippen molar-refractivity contribution in [3.05, 3.63) is 65.5 Å². The van der Waals surface area contributed by atoms with E-state index in [9.17, 15) is 9.18 Å². The van der Waals surface area contributed by atoms with Crippen molar-refractivity contribution in [2.24, 2.45) is 0 Å². The molecule has 2 nitrogen and oxygen atoms in total. The maximum absolute atomic E-state index is 13.0. The number of benzene rings is 2. The molecule has 0 radical (unpaired) electrons. The molecule has 0 bridgehead atoms. The number of rotatable bonds is 4. The summed E-state index contributed by atoms with van der Waals surface area (Å²) < 4.78 is 13.0. The second kappa shape index (κ2) is 6.33. The van der Waals surface area contributed by atoms with Crippen molar-refractivity contribution in [2.45, 2.75) is 26.2 Å². The lowest BCUT2D eigenvalue weighted by Gasteiger charge is -2.08. The topological polar surface area (TPSA) is 29.1 Å². The Morgan fingerprint density at radius 1 is 1.15 bits per heavy atom. The van der Waals surface area contributed by atoms with Crippen molar-refractivity contribution < 1.29 is 9.18 Å². The van der Waals surface area contributed by atoms with Gasteiger partial charge in [0.05, 0.1) is 6.42 Å². The Hall–Kier alpha value is -2.16. The van der Waals surface area contributed by atoms with E-state index in [1.165, 1.54) is 17.7 Å². The Morgan fingerprint density at radius 2 is 1.85 bits per heavy atom. The highest BCUT2D eigenvalue weighted by Crippen LogP contribution is 2.17. The Balaban J connectivity index is 1.97. The van der Waals surface area contributed by atoms with Crippen LogP contribution in [0.15, 0.2) is 48.5 Å². The minimum absolute atomic E-state index is 0.145. The summed E-state index contributed by atoms with van der Waals surface area (Å²) in [6, 6.07) is 13.9. The Morgan fingerprint density at radius 3 is 2.45 bits per heavy atom. The van der Waals surface area contributed by atoms with Gasteiger partial charge in [0.1, 0.15) is 5.82 Å². The molecule has 3 heteroatoms. The lowest BCUT2D eigenvalue weighted by Crippen LogP contribution is -2.14. The summed E-state index contributed by atoms with van der Waals surface area (Å²) in [6.45, 7) is 4.25. The van der Waals surface area contributed by atoms with Crippen LogP contribution in [-0.4, -0.2) is 5.91 Å². The number of hydrogen-bond acceptors (Lipinski definition) is 1. The van der Waals surface area contributed by atoms with Gasteiger partial charge in [0.25, 0.3) is 0 Å². The summed E-state index contributed by atoms with van der Waals surface area (Å²) in [7, 11) is 0. The van der Waals surface area contributed by atoms with Crippen molar-refractivity contribution in [3.8, 4) is 0 Å². The fourth-order valence-corrected chi connectivity index (χ4v) is 1.99. The second-order valence-corrected chi connectivity index (χ2v) is 5.13. The van der Waals surface area contributed by atoms with Gasteiger partial charge in [-0.15, -0.1) is 0 Å². The lowest BCUT2D eigenvalue weighted by molar-refractivity contribution is -0.115. The number of hydrogen-bond donors (Lipinski definition) is 1. The molecular weight excluding hydrogens is 253 g/mol. The molecule has 1 N–H and O–H groups in total. The molecule has 0 atom stereocenters. The summed E-state index contributed by atoms with van der Waals surface area (Å²) in [6.07, 6.45) is 0.170. The minimum Gasteiger partial charge on any atom is -0.326 e. The number of anilines is 1. The zero-order valence-electron chi connectivity index (χ0n) is 11.7. The molecule has 2 aromatic rings.